The molecule has 1 aliphatic carbocycles. The summed E-state index contributed by atoms with van der Waals surface area (Å²) < 4.78 is 0.978. The molecule has 0 bridgehead atoms. The van der Waals surface area contributed by atoms with Crippen LogP contribution in [0.5, 0.6) is 0 Å². The van der Waals surface area contributed by atoms with Crippen molar-refractivity contribution in [2.45, 2.75) is 25.3 Å². The number of nitrogens with zero attached hydrogens (tertiary/aromatic N) is 2. The molecule has 1 aliphatic rings. The van der Waals surface area contributed by atoms with Gasteiger partial charge in [-0.05, 0) is 37.1 Å². The van der Waals surface area contributed by atoms with Crippen molar-refractivity contribution in [3.8, 4) is 11.3 Å². The van der Waals surface area contributed by atoms with Crippen molar-refractivity contribution < 1.29 is 4.79 Å². The lowest BCUT2D eigenvalue weighted by Crippen LogP contribution is -2.23. The Bertz CT molecular complexity index is 1220. The fourth-order valence-electron chi connectivity index (χ4n) is 3.35. The number of halogens is 1. The summed E-state index contributed by atoms with van der Waals surface area (Å²) in [4.78, 5) is 22.5. The molecule has 1 amide bonds. The van der Waals surface area contributed by atoms with Crippen LogP contribution in [0.3, 0.4) is 0 Å². The number of carbonyl (C=O) groups excluding carboxylic acids is 1. The molecule has 4 nitrogen and oxygen atoms in total. The molecule has 5 rings (SSSR count). The van der Waals surface area contributed by atoms with E-state index in [2.05, 4.69) is 26.2 Å². The van der Waals surface area contributed by atoms with Gasteiger partial charge in [-0.1, -0.05) is 46.3 Å². The summed E-state index contributed by atoms with van der Waals surface area (Å²) in [5.74, 6) is 0.530. The highest BCUT2D eigenvalue weighted by atomic mass is 79.9. The summed E-state index contributed by atoms with van der Waals surface area (Å²) in [5.41, 5.74) is 4.10. The van der Waals surface area contributed by atoms with Crippen molar-refractivity contribution in [2.75, 3.05) is 0 Å². The second-order valence-electron chi connectivity index (χ2n) is 7.22. The molecule has 2 aromatic heterocycles. The topological polar surface area (TPSA) is 54.9 Å². The molecule has 1 saturated carbocycles. The van der Waals surface area contributed by atoms with Gasteiger partial charge in [-0.25, -0.2) is 9.97 Å². The molecule has 0 aliphatic heterocycles. The Morgan fingerprint density at radius 3 is 2.79 bits per heavy atom. The highest BCUT2D eigenvalue weighted by Crippen LogP contribution is 2.41. The van der Waals surface area contributed by atoms with Crippen LogP contribution < -0.4 is 5.32 Å². The number of hydrogen-bond acceptors (Lipinski definition) is 4. The fourth-order valence-corrected chi connectivity index (χ4v) is 4.74. The maximum atomic E-state index is 13.1. The second-order valence-corrected chi connectivity index (χ2v) is 9.02. The highest BCUT2D eigenvalue weighted by Gasteiger charge is 2.26. The van der Waals surface area contributed by atoms with Gasteiger partial charge in [-0.15, -0.1) is 11.3 Å². The lowest BCUT2D eigenvalue weighted by molar-refractivity contribution is 0.0952. The van der Waals surface area contributed by atoms with Gasteiger partial charge in [0.05, 0.1) is 34.0 Å². The second kappa shape index (κ2) is 7.69. The van der Waals surface area contributed by atoms with E-state index >= 15 is 0 Å². The minimum absolute atomic E-state index is 0.110. The van der Waals surface area contributed by atoms with E-state index in [0.717, 1.165) is 32.3 Å². The lowest BCUT2D eigenvalue weighted by atomic mass is 10.0. The van der Waals surface area contributed by atoms with Gasteiger partial charge in [-0.2, -0.15) is 0 Å². The molecule has 2 aromatic carbocycles. The molecular weight excluding hydrogens is 446 g/mol. The van der Waals surface area contributed by atoms with Crippen LogP contribution in [0.25, 0.3) is 22.2 Å². The molecule has 2 heterocycles. The van der Waals surface area contributed by atoms with Gasteiger partial charge in [0.15, 0.2) is 0 Å². The van der Waals surface area contributed by atoms with Crippen molar-refractivity contribution in [3.05, 3.63) is 80.7 Å². The normalized spacial score (nSPS) is 13.6. The van der Waals surface area contributed by atoms with E-state index in [1.54, 1.807) is 11.3 Å². The molecule has 29 heavy (non-hydrogen) atoms. The monoisotopic (exact) mass is 463 g/mol. The number of para-hydroxylation sites is 1. The molecule has 0 unspecified atom stereocenters. The number of aromatic nitrogens is 2. The Labute approximate surface area is 181 Å². The van der Waals surface area contributed by atoms with Crippen LogP contribution in [-0.4, -0.2) is 15.9 Å². The SMILES string of the molecule is O=C(NCc1csc(C2CC2)n1)c1cc(-c2cccc(Br)c2)nc2ccccc12. The van der Waals surface area contributed by atoms with E-state index < -0.39 is 0 Å². The molecule has 4 aromatic rings. The van der Waals surface area contributed by atoms with Crippen molar-refractivity contribution in [1.82, 2.24) is 15.3 Å². The lowest BCUT2D eigenvalue weighted by Gasteiger charge is -2.10. The number of amides is 1. The van der Waals surface area contributed by atoms with E-state index in [1.165, 1.54) is 17.8 Å². The zero-order chi connectivity index (χ0) is 19.8. The first-order valence-electron chi connectivity index (χ1n) is 9.55. The van der Waals surface area contributed by atoms with Gasteiger partial charge >= 0.3 is 0 Å². The van der Waals surface area contributed by atoms with Gasteiger partial charge in [-0.3, -0.25) is 4.79 Å². The van der Waals surface area contributed by atoms with Gasteiger partial charge in [0.1, 0.15) is 0 Å². The Hall–Kier alpha value is -2.57. The van der Waals surface area contributed by atoms with E-state index in [4.69, 9.17) is 4.98 Å². The van der Waals surface area contributed by atoms with Gasteiger partial charge < -0.3 is 5.32 Å². The third kappa shape index (κ3) is 3.95. The maximum Gasteiger partial charge on any atom is 0.252 e. The van der Waals surface area contributed by atoms with Crippen LogP contribution in [0, 0.1) is 0 Å². The average molecular weight is 464 g/mol. The number of pyridine rings is 1. The first-order chi connectivity index (χ1) is 14.2. The summed E-state index contributed by atoms with van der Waals surface area (Å²) in [6.07, 6.45) is 2.47. The van der Waals surface area contributed by atoms with E-state index in [0.29, 0.717) is 18.0 Å². The number of carbonyl (C=O) groups is 1. The van der Waals surface area contributed by atoms with Crippen molar-refractivity contribution >= 4 is 44.1 Å². The number of fused-ring (bicyclic) bond motifs is 1. The average Bonchev–Trinajstić information content (AvgIpc) is 3.49. The number of benzene rings is 2. The summed E-state index contributed by atoms with van der Waals surface area (Å²) in [7, 11) is 0. The van der Waals surface area contributed by atoms with Crippen molar-refractivity contribution in [2.24, 2.45) is 0 Å². The maximum absolute atomic E-state index is 13.1. The van der Waals surface area contributed by atoms with Gasteiger partial charge in [0, 0.05) is 26.7 Å². The molecule has 1 fully saturated rings. The molecule has 1 N–H and O–H groups in total. The van der Waals surface area contributed by atoms with Gasteiger partial charge in [0.25, 0.3) is 5.91 Å². The molecule has 0 atom stereocenters. The number of thiazole rings is 1. The quantitative estimate of drug-likeness (QED) is 0.399. The van der Waals surface area contributed by atoms with Crippen LogP contribution in [0.4, 0.5) is 0 Å². The highest BCUT2D eigenvalue weighted by molar-refractivity contribution is 9.10. The van der Waals surface area contributed by atoms with E-state index in [1.807, 2.05) is 60.0 Å². The zero-order valence-electron chi connectivity index (χ0n) is 15.6. The van der Waals surface area contributed by atoms with Crippen molar-refractivity contribution in [1.29, 1.82) is 0 Å². The minimum Gasteiger partial charge on any atom is -0.346 e. The third-order valence-corrected chi connectivity index (χ3v) is 6.56. The fraction of sp³-hybridized carbons (Fsp3) is 0.174. The Kier molecular flexibility index (Phi) is 4.89. The molecule has 144 valence electrons. The summed E-state index contributed by atoms with van der Waals surface area (Å²) in [6, 6.07) is 17.6. The molecule has 6 heteroatoms. The third-order valence-electron chi connectivity index (χ3n) is 5.01. The van der Waals surface area contributed by atoms with E-state index in [9.17, 15) is 4.79 Å². The summed E-state index contributed by atoms with van der Waals surface area (Å²) >= 11 is 5.21. The Morgan fingerprint density at radius 2 is 1.97 bits per heavy atom. The van der Waals surface area contributed by atoms with Crippen LogP contribution >= 0.6 is 27.3 Å². The number of nitrogens with one attached hydrogen (secondary N) is 1. The first-order valence-corrected chi connectivity index (χ1v) is 11.2. The molecule has 0 saturated heterocycles. The largest absolute Gasteiger partial charge is 0.346 e. The predicted molar refractivity (Wildman–Crippen MR) is 120 cm³/mol. The number of rotatable bonds is 5. The van der Waals surface area contributed by atoms with Crippen LogP contribution in [0.15, 0.2) is 64.5 Å². The zero-order valence-corrected chi connectivity index (χ0v) is 18.0. The first kappa shape index (κ1) is 18.5. The van der Waals surface area contributed by atoms with Crippen LogP contribution in [0.1, 0.15) is 39.8 Å². The van der Waals surface area contributed by atoms with Gasteiger partial charge in [0.2, 0.25) is 0 Å². The minimum atomic E-state index is -0.110. The Balaban J connectivity index is 1.46. The van der Waals surface area contributed by atoms with Crippen molar-refractivity contribution in [3.63, 3.8) is 0 Å². The van der Waals surface area contributed by atoms with Crippen LogP contribution in [-0.2, 0) is 6.54 Å². The molecule has 0 radical (unpaired) electrons. The molecular formula is C23H18BrN3OS. The number of hydrogen-bond donors (Lipinski definition) is 1. The van der Waals surface area contributed by atoms with Crippen LogP contribution in [0.2, 0.25) is 0 Å². The smallest absolute Gasteiger partial charge is 0.252 e. The summed E-state index contributed by atoms with van der Waals surface area (Å²) in [5, 5.41) is 7.13. The molecule has 0 spiro atoms. The standard InChI is InChI=1S/C23H18BrN3OS/c24-16-5-3-4-15(10-16)21-11-19(18-6-1-2-7-20(18)27-21)22(28)25-12-17-13-29-23(26-17)14-8-9-14/h1-7,10-11,13-14H,8-9,12H2,(H,25,28). The predicted octanol–water partition coefficient (Wildman–Crippen LogP) is 5.93. The summed E-state index contributed by atoms with van der Waals surface area (Å²) in [6.45, 7) is 0.435. The van der Waals surface area contributed by atoms with E-state index in [-0.39, 0.29) is 5.91 Å². The Morgan fingerprint density at radius 1 is 1.10 bits per heavy atom.